The second-order valence-electron chi connectivity index (χ2n) is 5.19. The molecular formula is C18H14N2O3. The molecule has 0 unspecified atom stereocenters. The Morgan fingerprint density at radius 1 is 0.957 bits per heavy atom. The zero-order valence-corrected chi connectivity index (χ0v) is 12.4. The lowest BCUT2D eigenvalue weighted by molar-refractivity contribution is -0.115. The molecule has 0 fully saturated rings. The van der Waals surface area contributed by atoms with E-state index in [1.165, 1.54) is 6.92 Å². The summed E-state index contributed by atoms with van der Waals surface area (Å²) in [6, 6.07) is 14.1. The smallest absolute Gasteiger partial charge is 0.258 e. The van der Waals surface area contributed by atoms with Gasteiger partial charge in [-0.3, -0.25) is 19.7 Å². The van der Waals surface area contributed by atoms with Crippen LogP contribution < -0.4 is 10.6 Å². The second-order valence-corrected chi connectivity index (χ2v) is 5.19. The van der Waals surface area contributed by atoms with E-state index in [4.69, 9.17) is 0 Å². The summed E-state index contributed by atoms with van der Waals surface area (Å²) in [6.07, 6.45) is 1.72. The van der Waals surface area contributed by atoms with Crippen molar-refractivity contribution < 1.29 is 14.4 Å². The molecule has 0 bridgehead atoms. The molecule has 1 aliphatic heterocycles. The number of benzene rings is 2. The van der Waals surface area contributed by atoms with Crippen LogP contribution in [-0.2, 0) is 9.59 Å². The lowest BCUT2D eigenvalue weighted by Gasteiger charge is -2.18. The van der Waals surface area contributed by atoms with Crippen molar-refractivity contribution in [1.82, 2.24) is 5.32 Å². The number of hydrogen-bond donors (Lipinski definition) is 2. The maximum absolute atomic E-state index is 12.1. The number of anilines is 1. The van der Waals surface area contributed by atoms with Gasteiger partial charge in [0.15, 0.2) is 0 Å². The highest BCUT2D eigenvalue weighted by Gasteiger charge is 2.26. The first-order valence-corrected chi connectivity index (χ1v) is 7.09. The van der Waals surface area contributed by atoms with Crippen molar-refractivity contribution in [3.8, 4) is 0 Å². The van der Waals surface area contributed by atoms with E-state index in [1.807, 2.05) is 0 Å². The molecule has 0 atom stereocenters. The number of hydrogen-bond acceptors (Lipinski definition) is 3. The number of carbonyl (C=O) groups is 3. The first-order valence-electron chi connectivity index (χ1n) is 7.09. The van der Waals surface area contributed by atoms with Crippen LogP contribution in [-0.4, -0.2) is 17.7 Å². The van der Waals surface area contributed by atoms with E-state index in [-0.39, 0.29) is 11.8 Å². The standard InChI is InChI=1S/C18H14N2O3/c1-11(21)19-13-8-6-12(7-9-13)10-16-14-4-2-3-5-15(14)17(22)20-18(16)23/h2-10H,1H3,(H,19,21)(H,20,22,23)/b16-10+. The maximum atomic E-state index is 12.1. The van der Waals surface area contributed by atoms with Crippen LogP contribution in [0.3, 0.4) is 0 Å². The van der Waals surface area contributed by atoms with Crippen LogP contribution in [0.15, 0.2) is 48.5 Å². The minimum atomic E-state index is -0.417. The van der Waals surface area contributed by atoms with Crippen LogP contribution in [0.5, 0.6) is 0 Å². The molecule has 2 aromatic carbocycles. The Morgan fingerprint density at radius 2 is 1.61 bits per heavy atom. The van der Waals surface area contributed by atoms with E-state index in [0.29, 0.717) is 22.4 Å². The van der Waals surface area contributed by atoms with E-state index in [2.05, 4.69) is 10.6 Å². The highest BCUT2D eigenvalue weighted by atomic mass is 16.2. The van der Waals surface area contributed by atoms with Gasteiger partial charge in [0, 0.05) is 23.7 Å². The largest absolute Gasteiger partial charge is 0.326 e. The SMILES string of the molecule is CC(=O)Nc1ccc(/C=C2/C(=O)NC(=O)c3ccccc32)cc1. The molecule has 1 heterocycles. The molecule has 114 valence electrons. The van der Waals surface area contributed by atoms with Crippen molar-refractivity contribution in [3.05, 3.63) is 65.2 Å². The van der Waals surface area contributed by atoms with Crippen LogP contribution in [0.25, 0.3) is 11.6 Å². The Labute approximate surface area is 133 Å². The molecule has 0 spiro atoms. The van der Waals surface area contributed by atoms with Crippen LogP contribution >= 0.6 is 0 Å². The minimum Gasteiger partial charge on any atom is -0.326 e. The zero-order chi connectivity index (χ0) is 16.4. The Kier molecular flexibility index (Phi) is 3.76. The van der Waals surface area contributed by atoms with Gasteiger partial charge in [0.05, 0.1) is 0 Å². The summed E-state index contributed by atoms with van der Waals surface area (Å²) in [4.78, 5) is 35.0. The van der Waals surface area contributed by atoms with Crippen LogP contribution in [0.2, 0.25) is 0 Å². The van der Waals surface area contributed by atoms with E-state index >= 15 is 0 Å². The van der Waals surface area contributed by atoms with Crippen molar-refractivity contribution in [2.75, 3.05) is 5.32 Å². The van der Waals surface area contributed by atoms with Gasteiger partial charge in [-0.15, -0.1) is 0 Å². The van der Waals surface area contributed by atoms with Gasteiger partial charge in [0.2, 0.25) is 5.91 Å². The van der Waals surface area contributed by atoms with Crippen LogP contribution in [0.4, 0.5) is 5.69 Å². The molecule has 3 rings (SSSR count). The summed E-state index contributed by atoms with van der Waals surface area (Å²) in [5.41, 5.74) is 3.02. The normalized spacial score (nSPS) is 15.1. The molecule has 0 radical (unpaired) electrons. The molecule has 5 nitrogen and oxygen atoms in total. The molecule has 5 heteroatoms. The van der Waals surface area contributed by atoms with Gasteiger partial charge in [0.25, 0.3) is 11.8 Å². The molecule has 3 amide bonds. The van der Waals surface area contributed by atoms with Gasteiger partial charge >= 0.3 is 0 Å². The third-order valence-electron chi connectivity index (χ3n) is 3.48. The molecule has 0 saturated heterocycles. The van der Waals surface area contributed by atoms with Gasteiger partial charge in [-0.1, -0.05) is 30.3 Å². The number of imide groups is 1. The fraction of sp³-hybridized carbons (Fsp3) is 0.0556. The Hall–Kier alpha value is -3.21. The minimum absolute atomic E-state index is 0.143. The molecule has 0 saturated carbocycles. The third kappa shape index (κ3) is 3.03. The van der Waals surface area contributed by atoms with Gasteiger partial charge in [-0.2, -0.15) is 0 Å². The maximum Gasteiger partial charge on any atom is 0.258 e. The summed E-state index contributed by atoms with van der Waals surface area (Å²) < 4.78 is 0. The van der Waals surface area contributed by atoms with Crippen molar-refractivity contribution in [2.45, 2.75) is 6.92 Å². The average Bonchev–Trinajstić information content (AvgIpc) is 2.52. The predicted molar refractivity (Wildman–Crippen MR) is 87.5 cm³/mol. The quantitative estimate of drug-likeness (QED) is 0.661. The Bertz CT molecular complexity index is 836. The van der Waals surface area contributed by atoms with E-state index in [0.717, 1.165) is 5.56 Å². The number of amides is 3. The first-order chi connectivity index (χ1) is 11.0. The second kappa shape index (κ2) is 5.88. The molecule has 2 N–H and O–H groups in total. The fourth-order valence-electron chi connectivity index (χ4n) is 2.45. The van der Waals surface area contributed by atoms with Gasteiger partial charge in [-0.25, -0.2) is 0 Å². The van der Waals surface area contributed by atoms with Crippen molar-refractivity contribution in [3.63, 3.8) is 0 Å². The first kappa shape index (κ1) is 14.7. The Balaban J connectivity index is 1.98. The summed E-state index contributed by atoms with van der Waals surface area (Å²) in [6.45, 7) is 1.44. The van der Waals surface area contributed by atoms with Crippen molar-refractivity contribution in [1.29, 1.82) is 0 Å². The highest BCUT2D eigenvalue weighted by molar-refractivity contribution is 6.33. The van der Waals surface area contributed by atoms with Crippen molar-refractivity contribution in [2.24, 2.45) is 0 Å². The third-order valence-corrected chi connectivity index (χ3v) is 3.48. The van der Waals surface area contributed by atoms with E-state index < -0.39 is 5.91 Å². The monoisotopic (exact) mass is 306 g/mol. The topological polar surface area (TPSA) is 75.3 Å². The van der Waals surface area contributed by atoms with Crippen molar-refractivity contribution >= 4 is 35.1 Å². The number of carbonyl (C=O) groups excluding carboxylic acids is 3. The fourth-order valence-corrected chi connectivity index (χ4v) is 2.45. The van der Waals surface area contributed by atoms with Gasteiger partial charge in [-0.05, 0) is 35.4 Å². The molecule has 23 heavy (non-hydrogen) atoms. The number of rotatable bonds is 2. The van der Waals surface area contributed by atoms with E-state index in [9.17, 15) is 14.4 Å². The molecule has 0 aromatic heterocycles. The summed E-state index contributed by atoms with van der Waals surface area (Å²) in [7, 11) is 0. The van der Waals surface area contributed by atoms with Crippen LogP contribution in [0, 0.1) is 0 Å². The zero-order valence-electron chi connectivity index (χ0n) is 12.4. The van der Waals surface area contributed by atoms with Gasteiger partial charge < -0.3 is 5.32 Å². The number of fused-ring (bicyclic) bond motifs is 1. The summed E-state index contributed by atoms with van der Waals surface area (Å²) >= 11 is 0. The molecule has 1 aliphatic rings. The van der Waals surface area contributed by atoms with Crippen LogP contribution in [0.1, 0.15) is 28.4 Å². The predicted octanol–water partition coefficient (Wildman–Crippen LogP) is 2.46. The lowest BCUT2D eigenvalue weighted by Crippen LogP contribution is -2.36. The highest BCUT2D eigenvalue weighted by Crippen LogP contribution is 2.26. The molecule has 0 aliphatic carbocycles. The molecular weight excluding hydrogens is 292 g/mol. The summed E-state index contributed by atoms with van der Waals surface area (Å²) in [5, 5.41) is 5.02. The number of nitrogens with one attached hydrogen (secondary N) is 2. The Morgan fingerprint density at radius 3 is 2.26 bits per heavy atom. The van der Waals surface area contributed by atoms with Gasteiger partial charge in [0.1, 0.15) is 0 Å². The molecule has 2 aromatic rings. The average molecular weight is 306 g/mol. The van der Waals surface area contributed by atoms with E-state index in [1.54, 1.807) is 54.6 Å². The lowest BCUT2D eigenvalue weighted by atomic mass is 9.93. The summed E-state index contributed by atoms with van der Waals surface area (Å²) in [5.74, 6) is -0.946.